The van der Waals surface area contributed by atoms with Crippen molar-refractivity contribution >= 4 is 0 Å². The SMILES string of the molecule is CC1NCC12CCCNC2. The molecule has 0 aromatic rings. The van der Waals surface area contributed by atoms with Crippen molar-refractivity contribution in [2.45, 2.75) is 25.8 Å². The van der Waals surface area contributed by atoms with E-state index < -0.39 is 0 Å². The van der Waals surface area contributed by atoms with Gasteiger partial charge in [0.2, 0.25) is 0 Å². The normalized spacial score (nSPS) is 47.1. The van der Waals surface area contributed by atoms with Crippen LogP contribution < -0.4 is 10.6 Å². The average Bonchev–Trinajstić information content (AvgIpc) is 2.04. The highest BCUT2D eigenvalue weighted by Crippen LogP contribution is 2.35. The van der Waals surface area contributed by atoms with Crippen molar-refractivity contribution < 1.29 is 0 Å². The monoisotopic (exact) mass is 140 g/mol. The molecule has 1 spiro atoms. The number of piperidine rings is 1. The minimum absolute atomic E-state index is 0.637. The van der Waals surface area contributed by atoms with Crippen LogP contribution >= 0.6 is 0 Å². The second-order valence-electron chi connectivity index (χ2n) is 3.75. The molecule has 0 aliphatic carbocycles. The fourth-order valence-electron chi connectivity index (χ4n) is 2.11. The minimum atomic E-state index is 0.637. The van der Waals surface area contributed by atoms with Crippen LogP contribution in [0.15, 0.2) is 0 Å². The number of hydrogen-bond donors (Lipinski definition) is 2. The maximum absolute atomic E-state index is 3.47. The molecule has 2 heteroatoms. The van der Waals surface area contributed by atoms with Crippen LogP contribution in [0.25, 0.3) is 0 Å². The van der Waals surface area contributed by atoms with Crippen molar-refractivity contribution in [1.29, 1.82) is 0 Å². The Morgan fingerprint density at radius 1 is 1.40 bits per heavy atom. The van der Waals surface area contributed by atoms with Crippen LogP contribution in [-0.4, -0.2) is 25.7 Å². The Balaban J connectivity index is 1.99. The van der Waals surface area contributed by atoms with Gasteiger partial charge in [-0.25, -0.2) is 0 Å². The second-order valence-corrected chi connectivity index (χ2v) is 3.75. The van der Waals surface area contributed by atoms with Gasteiger partial charge in [0, 0.05) is 24.5 Å². The molecule has 2 aliphatic heterocycles. The zero-order valence-electron chi connectivity index (χ0n) is 6.61. The minimum Gasteiger partial charge on any atom is -0.316 e. The van der Waals surface area contributed by atoms with Crippen molar-refractivity contribution in [2.24, 2.45) is 5.41 Å². The van der Waals surface area contributed by atoms with Crippen molar-refractivity contribution in [3.05, 3.63) is 0 Å². The molecule has 2 aliphatic rings. The molecule has 2 unspecified atom stereocenters. The molecule has 2 saturated heterocycles. The zero-order valence-corrected chi connectivity index (χ0v) is 6.61. The summed E-state index contributed by atoms with van der Waals surface area (Å²) in [6.45, 7) is 6.01. The Morgan fingerprint density at radius 2 is 2.30 bits per heavy atom. The maximum Gasteiger partial charge on any atom is 0.0120 e. The van der Waals surface area contributed by atoms with E-state index in [1.54, 1.807) is 0 Å². The Hall–Kier alpha value is -0.0800. The van der Waals surface area contributed by atoms with E-state index in [-0.39, 0.29) is 0 Å². The third-order valence-corrected chi connectivity index (χ3v) is 3.18. The van der Waals surface area contributed by atoms with Crippen molar-refractivity contribution in [3.8, 4) is 0 Å². The van der Waals surface area contributed by atoms with Crippen LogP contribution in [0.4, 0.5) is 0 Å². The van der Waals surface area contributed by atoms with Crippen LogP contribution in [0.5, 0.6) is 0 Å². The summed E-state index contributed by atoms with van der Waals surface area (Å²) >= 11 is 0. The van der Waals surface area contributed by atoms with Gasteiger partial charge in [0.05, 0.1) is 0 Å². The molecule has 0 amide bonds. The molecule has 0 saturated carbocycles. The van der Waals surface area contributed by atoms with E-state index in [0.717, 1.165) is 6.04 Å². The van der Waals surface area contributed by atoms with Gasteiger partial charge in [0.1, 0.15) is 0 Å². The summed E-state index contributed by atoms with van der Waals surface area (Å²) in [6.07, 6.45) is 2.79. The standard InChI is InChI=1S/C8H16N2/c1-7-8(6-10-7)3-2-4-9-5-8/h7,9-10H,2-6H2,1H3. The summed E-state index contributed by atoms with van der Waals surface area (Å²) in [5.74, 6) is 0. The molecule has 2 atom stereocenters. The molecule has 2 nitrogen and oxygen atoms in total. The molecule has 2 N–H and O–H groups in total. The fraction of sp³-hybridized carbons (Fsp3) is 1.00. The van der Waals surface area contributed by atoms with Gasteiger partial charge in [-0.1, -0.05) is 0 Å². The summed E-state index contributed by atoms with van der Waals surface area (Å²) in [5.41, 5.74) is 0.637. The van der Waals surface area contributed by atoms with Gasteiger partial charge in [-0.15, -0.1) is 0 Å². The zero-order chi connectivity index (χ0) is 7.03. The first-order valence-electron chi connectivity index (χ1n) is 4.28. The van der Waals surface area contributed by atoms with Gasteiger partial charge in [-0.05, 0) is 26.3 Å². The quantitative estimate of drug-likeness (QED) is 0.507. The predicted molar refractivity (Wildman–Crippen MR) is 42.0 cm³/mol. The molecule has 58 valence electrons. The van der Waals surface area contributed by atoms with Crippen molar-refractivity contribution in [2.75, 3.05) is 19.6 Å². The molecule has 2 fully saturated rings. The Morgan fingerprint density at radius 3 is 2.60 bits per heavy atom. The lowest BCUT2D eigenvalue weighted by molar-refractivity contribution is 0.0622. The van der Waals surface area contributed by atoms with Crippen LogP contribution in [0.3, 0.4) is 0 Å². The molecule has 2 heterocycles. The lowest BCUT2D eigenvalue weighted by Crippen LogP contribution is -2.66. The first-order valence-corrected chi connectivity index (χ1v) is 4.28. The van der Waals surface area contributed by atoms with E-state index in [2.05, 4.69) is 17.6 Å². The lowest BCUT2D eigenvalue weighted by atomic mass is 9.69. The Labute approximate surface area is 62.4 Å². The Kier molecular flexibility index (Phi) is 1.46. The third kappa shape index (κ3) is 0.789. The summed E-state index contributed by atoms with van der Waals surface area (Å²) in [6, 6.07) is 0.750. The van der Waals surface area contributed by atoms with Crippen LogP contribution in [0.2, 0.25) is 0 Å². The van der Waals surface area contributed by atoms with Gasteiger partial charge in [-0.2, -0.15) is 0 Å². The number of hydrogen-bond acceptors (Lipinski definition) is 2. The van der Waals surface area contributed by atoms with Gasteiger partial charge < -0.3 is 10.6 Å². The molecule has 0 aromatic carbocycles. The molecule has 0 bridgehead atoms. The van der Waals surface area contributed by atoms with Gasteiger partial charge >= 0.3 is 0 Å². The van der Waals surface area contributed by atoms with Crippen LogP contribution in [0, 0.1) is 5.41 Å². The fourth-order valence-corrected chi connectivity index (χ4v) is 2.11. The summed E-state index contributed by atoms with van der Waals surface area (Å²) in [4.78, 5) is 0. The summed E-state index contributed by atoms with van der Waals surface area (Å²) < 4.78 is 0. The highest BCUT2D eigenvalue weighted by molar-refractivity contribution is 5.02. The van der Waals surface area contributed by atoms with Gasteiger partial charge in [-0.3, -0.25) is 0 Å². The lowest BCUT2D eigenvalue weighted by Gasteiger charge is -2.51. The predicted octanol–water partition coefficient (Wildman–Crippen LogP) is 0.348. The van der Waals surface area contributed by atoms with Crippen molar-refractivity contribution in [3.63, 3.8) is 0 Å². The largest absolute Gasteiger partial charge is 0.316 e. The third-order valence-electron chi connectivity index (χ3n) is 3.18. The van der Waals surface area contributed by atoms with E-state index in [1.807, 2.05) is 0 Å². The smallest absolute Gasteiger partial charge is 0.0120 e. The van der Waals surface area contributed by atoms with Gasteiger partial charge in [0.25, 0.3) is 0 Å². The molecule has 0 radical (unpaired) electrons. The second kappa shape index (κ2) is 2.21. The van der Waals surface area contributed by atoms with E-state index in [1.165, 1.54) is 32.5 Å². The first kappa shape index (κ1) is 6.62. The molecular formula is C8H16N2. The maximum atomic E-state index is 3.47. The summed E-state index contributed by atoms with van der Waals surface area (Å²) in [5, 5.41) is 6.90. The number of nitrogens with one attached hydrogen (secondary N) is 2. The molecule has 10 heavy (non-hydrogen) atoms. The average molecular weight is 140 g/mol. The van der Waals surface area contributed by atoms with E-state index in [9.17, 15) is 0 Å². The summed E-state index contributed by atoms with van der Waals surface area (Å²) in [7, 11) is 0. The molecule has 2 rings (SSSR count). The Bertz CT molecular complexity index is 127. The topological polar surface area (TPSA) is 24.1 Å². The van der Waals surface area contributed by atoms with Gasteiger partial charge in [0.15, 0.2) is 0 Å². The van der Waals surface area contributed by atoms with Crippen LogP contribution in [-0.2, 0) is 0 Å². The van der Waals surface area contributed by atoms with Crippen LogP contribution in [0.1, 0.15) is 19.8 Å². The van der Waals surface area contributed by atoms with Crippen molar-refractivity contribution in [1.82, 2.24) is 10.6 Å². The highest BCUT2D eigenvalue weighted by Gasteiger charge is 2.43. The first-order chi connectivity index (χ1) is 4.83. The molecular weight excluding hydrogens is 124 g/mol. The van der Waals surface area contributed by atoms with E-state index in [4.69, 9.17) is 0 Å². The number of rotatable bonds is 0. The van der Waals surface area contributed by atoms with E-state index in [0.29, 0.717) is 5.41 Å². The highest BCUT2D eigenvalue weighted by atomic mass is 15.1. The molecule has 0 aromatic heterocycles. The van der Waals surface area contributed by atoms with E-state index >= 15 is 0 Å².